The van der Waals surface area contributed by atoms with Gasteiger partial charge >= 0.3 is 0 Å². The second-order valence-electron chi connectivity index (χ2n) is 8.96. The van der Waals surface area contributed by atoms with E-state index in [9.17, 15) is 8.78 Å². The molecule has 2 atom stereocenters. The summed E-state index contributed by atoms with van der Waals surface area (Å²) in [6, 6.07) is 11.6. The summed E-state index contributed by atoms with van der Waals surface area (Å²) in [5, 5.41) is 0. The van der Waals surface area contributed by atoms with E-state index in [2.05, 4.69) is 38.1 Å². The lowest BCUT2D eigenvalue weighted by atomic mass is 9.79. The molecule has 2 aromatic carbocycles. The molecule has 2 aromatic rings. The van der Waals surface area contributed by atoms with Crippen molar-refractivity contribution in [1.82, 2.24) is 0 Å². The minimum Gasteiger partial charge on any atom is -0.203 e. The number of halogens is 2. The Morgan fingerprint density at radius 3 is 2.07 bits per heavy atom. The third-order valence-electron chi connectivity index (χ3n) is 6.82. The van der Waals surface area contributed by atoms with Crippen LogP contribution < -0.4 is 0 Å². The highest BCUT2D eigenvalue weighted by Gasteiger charge is 2.25. The van der Waals surface area contributed by atoms with Gasteiger partial charge in [0, 0.05) is 11.5 Å². The standard InChI is InChI=1S/C26H30F2/c1-17-3-7-19(8-4-17)20-11-13-22(14-12-20)24-16-15-23(25(27)26(24)28)21-9-5-18(2)6-10-21/h3,7,11-19,21H,4-6,8-10H2,1-2H3. The van der Waals surface area contributed by atoms with Crippen LogP contribution in [0.15, 0.2) is 48.6 Å². The molecule has 0 spiro atoms. The van der Waals surface area contributed by atoms with Crippen molar-refractivity contribution < 1.29 is 8.78 Å². The summed E-state index contributed by atoms with van der Waals surface area (Å²) in [6.45, 7) is 4.48. The zero-order chi connectivity index (χ0) is 19.7. The Morgan fingerprint density at radius 1 is 0.714 bits per heavy atom. The van der Waals surface area contributed by atoms with E-state index < -0.39 is 11.6 Å². The van der Waals surface area contributed by atoms with Gasteiger partial charge in [0.1, 0.15) is 0 Å². The van der Waals surface area contributed by atoms with Crippen LogP contribution in [0.25, 0.3) is 11.1 Å². The minimum atomic E-state index is -0.699. The molecule has 2 aliphatic carbocycles. The van der Waals surface area contributed by atoms with Crippen LogP contribution in [-0.2, 0) is 0 Å². The van der Waals surface area contributed by atoms with Gasteiger partial charge in [-0.15, -0.1) is 0 Å². The van der Waals surface area contributed by atoms with Gasteiger partial charge in [0.05, 0.1) is 0 Å². The number of allylic oxidation sites excluding steroid dienone is 2. The van der Waals surface area contributed by atoms with Gasteiger partial charge in [-0.3, -0.25) is 0 Å². The van der Waals surface area contributed by atoms with Gasteiger partial charge in [0.25, 0.3) is 0 Å². The lowest BCUT2D eigenvalue weighted by Crippen LogP contribution is -2.13. The summed E-state index contributed by atoms with van der Waals surface area (Å²) in [6.07, 6.45) is 11.0. The van der Waals surface area contributed by atoms with Crippen LogP contribution in [0.1, 0.15) is 75.3 Å². The normalized spacial score (nSPS) is 27.7. The van der Waals surface area contributed by atoms with Crippen LogP contribution >= 0.6 is 0 Å². The van der Waals surface area contributed by atoms with Crippen molar-refractivity contribution in [2.45, 2.75) is 64.2 Å². The van der Waals surface area contributed by atoms with E-state index in [1.165, 1.54) is 12.0 Å². The lowest BCUT2D eigenvalue weighted by molar-refractivity contribution is 0.339. The molecule has 0 aliphatic heterocycles. The number of hydrogen-bond donors (Lipinski definition) is 0. The average Bonchev–Trinajstić information content (AvgIpc) is 2.72. The van der Waals surface area contributed by atoms with Crippen LogP contribution in [-0.4, -0.2) is 0 Å². The predicted molar refractivity (Wildman–Crippen MR) is 112 cm³/mol. The first kappa shape index (κ1) is 19.4. The molecule has 4 rings (SSSR count). The molecular weight excluding hydrogens is 350 g/mol. The van der Waals surface area contributed by atoms with E-state index in [0.29, 0.717) is 28.9 Å². The Hall–Kier alpha value is -1.96. The summed E-state index contributed by atoms with van der Waals surface area (Å²) in [7, 11) is 0. The van der Waals surface area contributed by atoms with E-state index in [1.807, 2.05) is 18.2 Å². The monoisotopic (exact) mass is 380 g/mol. The second-order valence-corrected chi connectivity index (χ2v) is 8.96. The second kappa shape index (κ2) is 8.19. The van der Waals surface area contributed by atoms with E-state index in [1.54, 1.807) is 6.07 Å². The first-order chi connectivity index (χ1) is 13.5. The summed E-state index contributed by atoms with van der Waals surface area (Å²) in [4.78, 5) is 0. The molecule has 0 radical (unpaired) electrons. The van der Waals surface area contributed by atoms with Gasteiger partial charge in [-0.05, 0) is 60.1 Å². The zero-order valence-corrected chi connectivity index (χ0v) is 16.9. The fraction of sp³-hybridized carbons (Fsp3) is 0.462. The van der Waals surface area contributed by atoms with Gasteiger partial charge in [0.2, 0.25) is 0 Å². The smallest absolute Gasteiger partial charge is 0.166 e. The molecule has 148 valence electrons. The Balaban J connectivity index is 1.56. The van der Waals surface area contributed by atoms with E-state index >= 15 is 0 Å². The molecule has 0 amide bonds. The summed E-state index contributed by atoms with van der Waals surface area (Å²) in [5.74, 6) is 0.591. The molecule has 2 unspecified atom stereocenters. The van der Waals surface area contributed by atoms with Crippen molar-refractivity contribution in [3.8, 4) is 11.1 Å². The molecule has 0 aromatic heterocycles. The Morgan fingerprint density at radius 2 is 1.43 bits per heavy atom. The first-order valence-electron chi connectivity index (χ1n) is 10.8. The molecule has 0 N–H and O–H groups in total. The van der Waals surface area contributed by atoms with E-state index in [0.717, 1.165) is 37.7 Å². The molecule has 0 saturated heterocycles. The van der Waals surface area contributed by atoms with Crippen LogP contribution in [0.2, 0.25) is 0 Å². The van der Waals surface area contributed by atoms with Crippen LogP contribution in [0.3, 0.4) is 0 Å². The SMILES string of the molecule is CC1C=CC(c2ccc(-c3ccc(C4CCC(C)CC4)c(F)c3F)cc2)CC1. The quantitative estimate of drug-likeness (QED) is 0.473. The van der Waals surface area contributed by atoms with Crippen molar-refractivity contribution in [3.05, 3.63) is 71.3 Å². The molecule has 28 heavy (non-hydrogen) atoms. The highest BCUT2D eigenvalue weighted by molar-refractivity contribution is 5.65. The van der Waals surface area contributed by atoms with Crippen LogP contribution in [0, 0.1) is 23.5 Å². The highest BCUT2D eigenvalue weighted by Crippen LogP contribution is 2.39. The fourth-order valence-corrected chi connectivity index (χ4v) is 4.82. The summed E-state index contributed by atoms with van der Waals surface area (Å²) < 4.78 is 29.7. The van der Waals surface area contributed by atoms with Crippen molar-refractivity contribution >= 4 is 0 Å². The molecule has 2 heteroatoms. The lowest BCUT2D eigenvalue weighted by Gasteiger charge is -2.27. The molecule has 1 fully saturated rings. The van der Waals surface area contributed by atoms with E-state index in [4.69, 9.17) is 0 Å². The number of hydrogen-bond acceptors (Lipinski definition) is 0. The molecule has 2 aliphatic rings. The highest BCUT2D eigenvalue weighted by atomic mass is 19.2. The number of rotatable bonds is 3. The van der Waals surface area contributed by atoms with Gasteiger partial charge < -0.3 is 0 Å². The average molecular weight is 381 g/mol. The van der Waals surface area contributed by atoms with Crippen molar-refractivity contribution in [1.29, 1.82) is 0 Å². The zero-order valence-electron chi connectivity index (χ0n) is 16.9. The largest absolute Gasteiger partial charge is 0.203 e. The summed E-state index contributed by atoms with van der Waals surface area (Å²) >= 11 is 0. The van der Waals surface area contributed by atoms with E-state index in [-0.39, 0.29) is 5.92 Å². The van der Waals surface area contributed by atoms with Crippen molar-refractivity contribution in [3.63, 3.8) is 0 Å². The van der Waals surface area contributed by atoms with Crippen LogP contribution in [0.4, 0.5) is 8.78 Å². The van der Waals surface area contributed by atoms with Gasteiger partial charge in [-0.2, -0.15) is 0 Å². The first-order valence-corrected chi connectivity index (χ1v) is 10.8. The molecule has 1 saturated carbocycles. The van der Waals surface area contributed by atoms with Crippen molar-refractivity contribution in [2.24, 2.45) is 11.8 Å². The molecular formula is C26H30F2. The topological polar surface area (TPSA) is 0 Å². The Bertz CT molecular complexity index is 841. The maximum absolute atomic E-state index is 14.9. The fourth-order valence-electron chi connectivity index (χ4n) is 4.82. The Labute approximate surface area is 167 Å². The van der Waals surface area contributed by atoms with Gasteiger partial charge in [-0.25, -0.2) is 8.78 Å². The molecule has 0 nitrogen and oxygen atoms in total. The summed E-state index contributed by atoms with van der Waals surface area (Å²) in [5.41, 5.74) is 2.92. The predicted octanol–water partition coefficient (Wildman–Crippen LogP) is 8.00. The van der Waals surface area contributed by atoms with Crippen molar-refractivity contribution in [2.75, 3.05) is 0 Å². The molecule has 0 heterocycles. The Kier molecular flexibility index (Phi) is 5.66. The molecule has 0 bridgehead atoms. The third-order valence-corrected chi connectivity index (χ3v) is 6.82. The van der Waals surface area contributed by atoms with Gasteiger partial charge in [-0.1, -0.05) is 75.2 Å². The minimum absolute atomic E-state index is 0.155. The maximum atomic E-state index is 14.9. The maximum Gasteiger partial charge on any atom is 0.166 e. The number of benzene rings is 2. The van der Waals surface area contributed by atoms with Crippen LogP contribution in [0.5, 0.6) is 0 Å². The van der Waals surface area contributed by atoms with Gasteiger partial charge in [0.15, 0.2) is 11.6 Å². The third kappa shape index (κ3) is 3.92.